The van der Waals surface area contributed by atoms with Crippen LogP contribution < -0.4 is 0 Å². The van der Waals surface area contributed by atoms with Crippen LogP contribution in [0.25, 0.3) is 6.08 Å². The molecule has 0 N–H and O–H groups in total. The number of rotatable bonds is 3. The second kappa shape index (κ2) is 5.54. The van der Waals surface area contributed by atoms with Crippen molar-refractivity contribution in [3.8, 4) is 0 Å². The summed E-state index contributed by atoms with van der Waals surface area (Å²) in [6, 6.07) is 8.48. The van der Waals surface area contributed by atoms with Gasteiger partial charge in [-0.05, 0) is 30.0 Å². The molecular weight excluding hydrogens is 268 g/mol. The van der Waals surface area contributed by atoms with Gasteiger partial charge in [0.25, 0.3) is 0 Å². The molecule has 1 aromatic rings. The highest BCUT2D eigenvalue weighted by Gasteiger charge is 2.46. The highest BCUT2D eigenvalue weighted by Crippen LogP contribution is 2.31. The van der Waals surface area contributed by atoms with Crippen molar-refractivity contribution < 1.29 is 18.9 Å². The lowest BCUT2D eigenvalue weighted by atomic mass is 10.1. The first-order valence-electron chi connectivity index (χ1n) is 7.59. The molecule has 0 bridgehead atoms. The molecule has 112 valence electrons. The molecule has 0 saturated carbocycles. The molecule has 2 heterocycles. The minimum atomic E-state index is -0.270. The summed E-state index contributed by atoms with van der Waals surface area (Å²) >= 11 is 0. The number of hydrogen-bond donors (Lipinski definition) is 0. The molecule has 2 fully saturated rings. The van der Waals surface area contributed by atoms with Crippen LogP contribution in [0.5, 0.6) is 0 Å². The second-order valence-electron chi connectivity index (χ2n) is 5.87. The molecule has 2 saturated heterocycles. The first-order chi connectivity index (χ1) is 10.3. The molecule has 4 heteroatoms. The Hall–Kier alpha value is -1.20. The number of fused-ring (bicyclic) bond motifs is 2. The third-order valence-electron chi connectivity index (χ3n) is 4.37. The van der Waals surface area contributed by atoms with Gasteiger partial charge in [-0.2, -0.15) is 0 Å². The first-order valence-corrected chi connectivity index (χ1v) is 7.59. The largest absolute Gasteiger partial charge is 0.368 e. The SMILES string of the molecule is C[C@H]1O[C@@H]2OCCO[C@@H]2[C@H]1OCC1=Cc2ccccc2C1. The molecule has 3 aliphatic rings. The van der Waals surface area contributed by atoms with Crippen LogP contribution in [0.1, 0.15) is 18.1 Å². The van der Waals surface area contributed by atoms with E-state index in [1.54, 1.807) is 0 Å². The zero-order chi connectivity index (χ0) is 14.2. The zero-order valence-electron chi connectivity index (χ0n) is 12.2. The average molecular weight is 288 g/mol. The van der Waals surface area contributed by atoms with E-state index in [0.717, 1.165) is 6.42 Å². The van der Waals surface area contributed by atoms with Crippen LogP contribution in [0, 0.1) is 0 Å². The summed E-state index contributed by atoms with van der Waals surface area (Å²) in [4.78, 5) is 0. The summed E-state index contributed by atoms with van der Waals surface area (Å²) in [5.74, 6) is 0. The van der Waals surface area contributed by atoms with Crippen molar-refractivity contribution in [2.75, 3.05) is 19.8 Å². The summed E-state index contributed by atoms with van der Waals surface area (Å²) in [6.07, 6.45) is 2.78. The van der Waals surface area contributed by atoms with Crippen molar-refractivity contribution >= 4 is 6.08 Å². The lowest BCUT2D eigenvalue weighted by molar-refractivity contribution is -0.220. The Morgan fingerprint density at radius 1 is 1.19 bits per heavy atom. The zero-order valence-corrected chi connectivity index (χ0v) is 12.2. The van der Waals surface area contributed by atoms with Gasteiger partial charge in [0.15, 0.2) is 6.29 Å². The molecule has 0 amide bonds. The van der Waals surface area contributed by atoms with E-state index in [1.165, 1.54) is 16.7 Å². The van der Waals surface area contributed by atoms with Gasteiger partial charge in [0.1, 0.15) is 12.2 Å². The maximum absolute atomic E-state index is 6.10. The van der Waals surface area contributed by atoms with Crippen LogP contribution in [0.2, 0.25) is 0 Å². The van der Waals surface area contributed by atoms with Gasteiger partial charge in [0, 0.05) is 0 Å². The first kappa shape index (κ1) is 13.5. The molecule has 21 heavy (non-hydrogen) atoms. The lowest BCUT2D eigenvalue weighted by Crippen LogP contribution is -2.42. The fourth-order valence-electron chi connectivity index (χ4n) is 3.32. The van der Waals surface area contributed by atoms with Crippen molar-refractivity contribution in [1.29, 1.82) is 0 Å². The van der Waals surface area contributed by atoms with Gasteiger partial charge >= 0.3 is 0 Å². The number of hydrogen-bond acceptors (Lipinski definition) is 4. The topological polar surface area (TPSA) is 36.9 Å². The van der Waals surface area contributed by atoms with Gasteiger partial charge in [0.2, 0.25) is 0 Å². The monoisotopic (exact) mass is 288 g/mol. The van der Waals surface area contributed by atoms with Gasteiger partial charge in [-0.3, -0.25) is 0 Å². The van der Waals surface area contributed by atoms with Gasteiger partial charge < -0.3 is 18.9 Å². The molecule has 0 spiro atoms. The van der Waals surface area contributed by atoms with Crippen LogP contribution >= 0.6 is 0 Å². The Balaban J connectivity index is 1.39. The van der Waals surface area contributed by atoms with Gasteiger partial charge in [0.05, 0.1) is 25.9 Å². The highest BCUT2D eigenvalue weighted by molar-refractivity contribution is 5.63. The quantitative estimate of drug-likeness (QED) is 0.854. The highest BCUT2D eigenvalue weighted by atomic mass is 16.7. The molecule has 0 unspecified atom stereocenters. The maximum atomic E-state index is 6.10. The lowest BCUT2D eigenvalue weighted by Gasteiger charge is -2.28. The molecule has 4 rings (SSSR count). The number of benzene rings is 1. The van der Waals surface area contributed by atoms with Gasteiger partial charge in [-0.25, -0.2) is 0 Å². The molecule has 4 atom stereocenters. The Labute approximate surface area is 124 Å². The van der Waals surface area contributed by atoms with E-state index in [2.05, 4.69) is 30.3 Å². The minimum absolute atomic E-state index is 0.00229. The summed E-state index contributed by atoms with van der Waals surface area (Å²) in [7, 11) is 0. The fourth-order valence-corrected chi connectivity index (χ4v) is 3.32. The van der Waals surface area contributed by atoms with E-state index in [-0.39, 0.29) is 24.6 Å². The molecule has 2 aliphatic heterocycles. The summed E-state index contributed by atoms with van der Waals surface area (Å²) in [6.45, 7) is 3.86. The third-order valence-corrected chi connectivity index (χ3v) is 4.37. The van der Waals surface area contributed by atoms with E-state index in [9.17, 15) is 0 Å². The van der Waals surface area contributed by atoms with Crippen molar-refractivity contribution in [3.63, 3.8) is 0 Å². The summed E-state index contributed by atoms with van der Waals surface area (Å²) < 4.78 is 23.2. The molecule has 0 aromatic heterocycles. The van der Waals surface area contributed by atoms with E-state index < -0.39 is 0 Å². The Morgan fingerprint density at radius 2 is 2.05 bits per heavy atom. The number of ether oxygens (including phenoxy) is 4. The smallest absolute Gasteiger partial charge is 0.186 e. The van der Waals surface area contributed by atoms with Crippen molar-refractivity contribution in [3.05, 3.63) is 41.0 Å². The molecule has 4 nitrogen and oxygen atoms in total. The second-order valence-corrected chi connectivity index (χ2v) is 5.87. The van der Waals surface area contributed by atoms with Crippen LogP contribution in [0.15, 0.2) is 29.8 Å². The third kappa shape index (κ3) is 2.53. The Bertz CT molecular complexity index is 553. The normalized spacial score (nSPS) is 34.4. The van der Waals surface area contributed by atoms with Crippen molar-refractivity contribution in [2.45, 2.75) is 37.9 Å². The Morgan fingerprint density at radius 3 is 2.95 bits per heavy atom. The maximum Gasteiger partial charge on any atom is 0.186 e. The van der Waals surface area contributed by atoms with Crippen LogP contribution in [0.4, 0.5) is 0 Å². The molecule has 1 aliphatic carbocycles. The molecule has 0 radical (unpaired) electrons. The minimum Gasteiger partial charge on any atom is -0.368 e. The predicted octanol–water partition coefficient (Wildman–Crippen LogP) is 2.17. The predicted molar refractivity (Wildman–Crippen MR) is 77.9 cm³/mol. The van der Waals surface area contributed by atoms with E-state index in [0.29, 0.717) is 19.8 Å². The average Bonchev–Trinajstić information content (AvgIpc) is 3.04. The summed E-state index contributed by atoms with van der Waals surface area (Å²) in [5, 5.41) is 0. The van der Waals surface area contributed by atoms with Gasteiger partial charge in [-0.1, -0.05) is 30.3 Å². The van der Waals surface area contributed by atoms with Crippen molar-refractivity contribution in [1.82, 2.24) is 0 Å². The van der Waals surface area contributed by atoms with Crippen LogP contribution in [-0.4, -0.2) is 44.4 Å². The Kier molecular flexibility index (Phi) is 3.55. The van der Waals surface area contributed by atoms with E-state index in [4.69, 9.17) is 18.9 Å². The van der Waals surface area contributed by atoms with Crippen molar-refractivity contribution in [2.24, 2.45) is 0 Å². The summed E-state index contributed by atoms with van der Waals surface area (Å²) in [5.41, 5.74) is 3.99. The molecule has 1 aromatic carbocycles. The van der Waals surface area contributed by atoms with E-state index >= 15 is 0 Å². The molecular formula is C17H20O4. The van der Waals surface area contributed by atoms with E-state index in [1.807, 2.05) is 6.92 Å². The van der Waals surface area contributed by atoms with Crippen LogP contribution in [-0.2, 0) is 25.4 Å². The van der Waals surface area contributed by atoms with Gasteiger partial charge in [-0.15, -0.1) is 0 Å². The standard InChI is InChI=1S/C17H20O4/c1-11-15(16-17(21-11)19-7-6-18-16)20-10-12-8-13-4-2-3-5-14(13)9-12/h2-5,8,11,15-17H,6-7,9-10H2,1H3/t11-,15+,16-,17+/m1/s1. The van der Waals surface area contributed by atoms with Crippen LogP contribution in [0.3, 0.4) is 0 Å². The fraction of sp³-hybridized carbons (Fsp3) is 0.529.